The van der Waals surface area contributed by atoms with E-state index in [2.05, 4.69) is 5.32 Å². The van der Waals surface area contributed by atoms with Gasteiger partial charge in [-0.3, -0.25) is 9.59 Å². The summed E-state index contributed by atoms with van der Waals surface area (Å²) in [4.78, 5) is 23.2. The van der Waals surface area contributed by atoms with Crippen molar-refractivity contribution in [2.24, 2.45) is 5.92 Å². The highest BCUT2D eigenvalue weighted by atomic mass is 16.5. The normalized spacial score (nSPS) is 19.1. The van der Waals surface area contributed by atoms with Crippen LogP contribution in [0.4, 0.5) is 0 Å². The summed E-state index contributed by atoms with van der Waals surface area (Å²) in [5.41, 5.74) is -0.0280. The molecule has 0 saturated heterocycles. The molecule has 118 valence electrons. The predicted molar refractivity (Wildman–Crippen MR) is 81.0 cm³/mol. The quantitative estimate of drug-likeness (QED) is 0.812. The molecule has 2 aliphatic carbocycles. The molecule has 2 aliphatic rings. The maximum absolute atomic E-state index is 12.3. The molecule has 1 aromatic carbocycles. The highest BCUT2D eigenvalue weighted by molar-refractivity contribution is 5.95. The summed E-state index contributed by atoms with van der Waals surface area (Å²) in [5.74, 6) is 0.378. The molecule has 3 rings (SSSR count). The van der Waals surface area contributed by atoms with E-state index in [9.17, 15) is 9.59 Å². The molecule has 0 unspecified atom stereocenters. The molecule has 0 radical (unpaired) electrons. The average Bonchev–Trinajstić information content (AvgIpc) is 3.27. The Morgan fingerprint density at radius 1 is 1.23 bits per heavy atom. The third kappa shape index (κ3) is 3.59. The lowest BCUT2D eigenvalue weighted by Gasteiger charge is -2.41. The Balaban J connectivity index is 1.57. The van der Waals surface area contributed by atoms with E-state index in [0.717, 1.165) is 31.6 Å². The van der Waals surface area contributed by atoms with Crippen molar-refractivity contribution in [3.63, 3.8) is 0 Å². The first-order valence-electron chi connectivity index (χ1n) is 7.83. The second-order valence-electron chi connectivity index (χ2n) is 6.44. The summed E-state index contributed by atoms with van der Waals surface area (Å²) in [7, 11) is 0. The first-order chi connectivity index (χ1) is 10.6. The van der Waals surface area contributed by atoms with Gasteiger partial charge in [-0.1, -0.05) is 0 Å². The molecule has 2 N–H and O–H groups in total. The molecule has 0 spiro atoms. The first kappa shape index (κ1) is 14.9. The molecule has 2 fully saturated rings. The zero-order valence-corrected chi connectivity index (χ0v) is 12.5. The number of carboxylic acids is 1. The van der Waals surface area contributed by atoms with Crippen LogP contribution in [0.1, 0.15) is 48.9 Å². The van der Waals surface area contributed by atoms with Crippen LogP contribution in [-0.2, 0) is 4.79 Å². The number of carbonyl (C=O) groups excluding carboxylic acids is 1. The zero-order valence-electron chi connectivity index (χ0n) is 12.5. The number of hydrogen-bond acceptors (Lipinski definition) is 3. The summed E-state index contributed by atoms with van der Waals surface area (Å²) >= 11 is 0. The van der Waals surface area contributed by atoms with Crippen molar-refractivity contribution in [3.05, 3.63) is 29.8 Å². The molecular formula is C17H21NO4. The Bertz CT molecular complexity index is 559. The molecule has 2 saturated carbocycles. The monoisotopic (exact) mass is 303 g/mol. The van der Waals surface area contributed by atoms with Crippen LogP contribution in [-0.4, -0.2) is 29.1 Å². The molecule has 0 heterocycles. The van der Waals surface area contributed by atoms with E-state index in [0.29, 0.717) is 11.5 Å². The van der Waals surface area contributed by atoms with E-state index in [1.165, 1.54) is 12.8 Å². The van der Waals surface area contributed by atoms with E-state index < -0.39 is 11.5 Å². The van der Waals surface area contributed by atoms with Gasteiger partial charge in [-0.25, -0.2) is 0 Å². The summed E-state index contributed by atoms with van der Waals surface area (Å²) in [6, 6.07) is 7.04. The minimum atomic E-state index is -0.871. The van der Waals surface area contributed by atoms with Crippen LogP contribution >= 0.6 is 0 Å². The number of amides is 1. The van der Waals surface area contributed by atoms with Crippen molar-refractivity contribution in [2.45, 2.75) is 44.1 Å². The Hall–Kier alpha value is -2.04. The van der Waals surface area contributed by atoms with Gasteiger partial charge in [0.2, 0.25) is 0 Å². The SMILES string of the molecule is O=C(O)CC1(NC(=O)c2ccc(OCC3CC3)cc2)CCC1. The van der Waals surface area contributed by atoms with Crippen molar-refractivity contribution in [1.82, 2.24) is 5.32 Å². The number of carboxylic acid groups (broad SMARTS) is 1. The average molecular weight is 303 g/mol. The van der Waals surface area contributed by atoms with Crippen LogP contribution in [0, 0.1) is 5.92 Å². The second-order valence-corrected chi connectivity index (χ2v) is 6.44. The highest BCUT2D eigenvalue weighted by Crippen LogP contribution is 2.35. The standard InChI is InChI=1S/C17H21NO4/c19-15(20)10-17(8-1-9-17)18-16(21)13-4-6-14(7-5-13)22-11-12-2-3-12/h4-7,12H,1-3,8-11H2,(H,18,21)(H,19,20). The molecule has 5 nitrogen and oxygen atoms in total. The summed E-state index contributed by atoms with van der Waals surface area (Å²) in [5, 5.41) is 11.9. The van der Waals surface area contributed by atoms with E-state index >= 15 is 0 Å². The van der Waals surface area contributed by atoms with Crippen LogP contribution in [0.25, 0.3) is 0 Å². The van der Waals surface area contributed by atoms with E-state index in [4.69, 9.17) is 9.84 Å². The van der Waals surface area contributed by atoms with Gasteiger partial charge in [-0.05, 0) is 62.3 Å². The molecule has 0 aliphatic heterocycles. The van der Waals surface area contributed by atoms with Crippen LogP contribution in [0.2, 0.25) is 0 Å². The van der Waals surface area contributed by atoms with Crippen molar-refractivity contribution in [1.29, 1.82) is 0 Å². The highest BCUT2D eigenvalue weighted by Gasteiger charge is 2.40. The van der Waals surface area contributed by atoms with E-state index in [1.807, 2.05) is 0 Å². The van der Waals surface area contributed by atoms with E-state index in [-0.39, 0.29) is 12.3 Å². The molecule has 22 heavy (non-hydrogen) atoms. The fraction of sp³-hybridized carbons (Fsp3) is 0.529. The van der Waals surface area contributed by atoms with Gasteiger partial charge in [0.25, 0.3) is 5.91 Å². The fourth-order valence-electron chi connectivity index (χ4n) is 2.75. The van der Waals surface area contributed by atoms with E-state index in [1.54, 1.807) is 24.3 Å². The number of hydrogen-bond donors (Lipinski definition) is 2. The number of rotatable bonds is 7. The minimum Gasteiger partial charge on any atom is -0.493 e. The van der Waals surface area contributed by atoms with Gasteiger partial charge in [-0.15, -0.1) is 0 Å². The number of carbonyl (C=O) groups is 2. The maximum Gasteiger partial charge on any atom is 0.305 e. The number of benzene rings is 1. The topological polar surface area (TPSA) is 75.6 Å². The summed E-state index contributed by atoms with van der Waals surface area (Å²) in [6.45, 7) is 0.743. The lowest BCUT2D eigenvalue weighted by molar-refractivity contribution is -0.139. The molecule has 0 aromatic heterocycles. The van der Waals surface area contributed by atoms with Gasteiger partial charge in [0, 0.05) is 5.56 Å². The molecule has 0 atom stereocenters. The van der Waals surface area contributed by atoms with Crippen molar-refractivity contribution in [3.8, 4) is 5.75 Å². The Morgan fingerprint density at radius 2 is 1.91 bits per heavy atom. The van der Waals surface area contributed by atoms with Gasteiger partial charge in [-0.2, -0.15) is 0 Å². The van der Waals surface area contributed by atoms with Crippen LogP contribution < -0.4 is 10.1 Å². The molecule has 0 bridgehead atoms. The fourth-order valence-corrected chi connectivity index (χ4v) is 2.75. The zero-order chi connectivity index (χ0) is 15.6. The second kappa shape index (κ2) is 5.99. The van der Waals surface area contributed by atoms with Gasteiger partial charge < -0.3 is 15.2 Å². The summed E-state index contributed by atoms with van der Waals surface area (Å²) < 4.78 is 5.64. The molecule has 1 aromatic rings. The third-order valence-corrected chi connectivity index (χ3v) is 4.48. The van der Waals surface area contributed by atoms with Gasteiger partial charge in [0.1, 0.15) is 5.75 Å². The largest absolute Gasteiger partial charge is 0.493 e. The Labute approximate surface area is 129 Å². The van der Waals surface area contributed by atoms with Gasteiger partial charge in [0.15, 0.2) is 0 Å². The van der Waals surface area contributed by atoms with Gasteiger partial charge >= 0.3 is 5.97 Å². The molecule has 1 amide bonds. The van der Waals surface area contributed by atoms with Crippen molar-refractivity contribution >= 4 is 11.9 Å². The third-order valence-electron chi connectivity index (χ3n) is 4.48. The number of nitrogens with one attached hydrogen (secondary N) is 1. The Morgan fingerprint density at radius 3 is 2.41 bits per heavy atom. The molecular weight excluding hydrogens is 282 g/mol. The van der Waals surface area contributed by atoms with Gasteiger partial charge in [0.05, 0.1) is 18.6 Å². The lowest BCUT2D eigenvalue weighted by atomic mass is 9.74. The smallest absolute Gasteiger partial charge is 0.305 e. The van der Waals surface area contributed by atoms with Crippen LogP contribution in [0.15, 0.2) is 24.3 Å². The predicted octanol–water partition coefficient (Wildman–Crippen LogP) is 2.60. The first-order valence-corrected chi connectivity index (χ1v) is 7.83. The van der Waals surface area contributed by atoms with Crippen molar-refractivity contribution < 1.29 is 19.4 Å². The molecule has 5 heteroatoms. The minimum absolute atomic E-state index is 0.0126. The van der Waals surface area contributed by atoms with Crippen LogP contribution in [0.3, 0.4) is 0 Å². The summed E-state index contributed by atoms with van der Waals surface area (Å²) in [6.07, 6.45) is 4.89. The van der Waals surface area contributed by atoms with Crippen molar-refractivity contribution in [2.75, 3.05) is 6.61 Å². The lowest BCUT2D eigenvalue weighted by Crippen LogP contribution is -2.54. The Kier molecular flexibility index (Phi) is 4.05. The number of ether oxygens (including phenoxy) is 1. The number of aliphatic carboxylic acids is 1. The maximum atomic E-state index is 12.3. The van der Waals surface area contributed by atoms with Crippen LogP contribution in [0.5, 0.6) is 5.75 Å².